The van der Waals surface area contributed by atoms with Crippen LogP contribution < -0.4 is 5.73 Å². The second-order valence-corrected chi connectivity index (χ2v) is 5.21. The number of carboxylic acid groups (broad SMARTS) is 2. The largest absolute Gasteiger partial charge is 0.481 e. The molecule has 0 spiro atoms. The highest BCUT2D eigenvalue weighted by Crippen LogP contribution is 2.25. The van der Waals surface area contributed by atoms with Gasteiger partial charge in [0.15, 0.2) is 0 Å². The van der Waals surface area contributed by atoms with Crippen LogP contribution >= 0.6 is 0 Å². The van der Waals surface area contributed by atoms with E-state index in [4.69, 9.17) is 15.9 Å². The lowest BCUT2D eigenvalue weighted by Gasteiger charge is -2.35. The Morgan fingerprint density at radius 2 is 1.85 bits per heavy atom. The fraction of sp³-hybridized carbons (Fsp3) is 0.769. The number of carbonyl (C=O) groups is 3. The number of nitrogens with zero attached hydrogens (tertiary/aromatic N) is 1. The second-order valence-electron chi connectivity index (χ2n) is 5.21. The highest BCUT2D eigenvalue weighted by molar-refractivity contribution is 5.84. The first-order valence-electron chi connectivity index (χ1n) is 6.88. The first kappa shape index (κ1) is 16.4. The number of carboxylic acids is 2. The van der Waals surface area contributed by atoms with Gasteiger partial charge in [-0.1, -0.05) is 19.8 Å². The lowest BCUT2D eigenvalue weighted by Crippen LogP contribution is -2.52. The molecule has 0 bridgehead atoms. The summed E-state index contributed by atoms with van der Waals surface area (Å²) >= 11 is 0. The molecule has 1 amide bonds. The number of aliphatic carboxylic acids is 2. The van der Waals surface area contributed by atoms with E-state index in [1.54, 1.807) is 0 Å². The highest BCUT2D eigenvalue weighted by atomic mass is 16.4. The molecule has 7 nitrogen and oxygen atoms in total. The summed E-state index contributed by atoms with van der Waals surface area (Å²) in [6.07, 6.45) is 2.48. The Bertz CT molecular complexity index is 385. The molecule has 2 unspecified atom stereocenters. The molecule has 0 aromatic heterocycles. The van der Waals surface area contributed by atoms with Crippen molar-refractivity contribution in [2.45, 2.75) is 38.6 Å². The Hall–Kier alpha value is -1.63. The number of carbonyl (C=O) groups excluding carboxylic acids is 1. The monoisotopic (exact) mass is 286 g/mol. The van der Waals surface area contributed by atoms with Gasteiger partial charge in [-0.2, -0.15) is 0 Å². The minimum Gasteiger partial charge on any atom is -0.481 e. The third-order valence-corrected chi connectivity index (χ3v) is 3.74. The lowest BCUT2D eigenvalue weighted by molar-refractivity contribution is -0.159. The molecule has 1 saturated heterocycles. The van der Waals surface area contributed by atoms with Crippen molar-refractivity contribution in [3.63, 3.8) is 0 Å². The average molecular weight is 286 g/mol. The Morgan fingerprint density at radius 1 is 1.25 bits per heavy atom. The summed E-state index contributed by atoms with van der Waals surface area (Å²) in [6.45, 7) is 2.17. The van der Waals surface area contributed by atoms with Crippen LogP contribution in [-0.2, 0) is 14.4 Å². The smallest absolute Gasteiger partial charge is 0.309 e. The molecule has 0 aromatic rings. The van der Waals surface area contributed by atoms with E-state index in [2.05, 4.69) is 0 Å². The predicted octanol–water partition coefficient (Wildman–Crippen LogP) is 0.138. The molecule has 1 aliphatic heterocycles. The van der Waals surface area contributed by atoms with Crippen LogP contribution in [0.2, 0.25) is 0 Å². The molecule has 1 fully saturated rings. The van der Waals surface area contributed by atoms with E-state index in [-0.39, 0.29) is 25.4 Å². The van der Waals surface area contributed by atoms with Crippen molar-refractivity contribution in [3.05, 3.63) is 0 Å². The van der Waals surface area contributed by atoms with E-state index in [1.165, 1.54) is 4.90 Å². The topological polar surface area (TPSA) is 121 Å². The van der Waals surface area contributed by atoms with Crippen LogP contribution in [0, 0.1) is 11.8 Å². The molecule has 7 heteroatoms. The first-order valence-corrected chi connectivity index (χ1v) is 6.88. The number of likely N-dealkylation sites (tertiary alicyclic amines) is 1. The minimum atomic E-state index is -1.18. The van der Waals surface area contributed by atoms with Crippen molar-refractivity contribution in [2.75, 3.05) is 13.1 Å². The van der Waals surface area contributed by atoms with Gasteiger partial charge in [-0.3, -0.25) is 14.4 Å². The molecule has 20 heavy (non-hydrogen) atoms. The van der Waals surface area contributed by atoms with Crippen molar-refractivity contribution in [1.29, 1.82) is 0 Å². The zero-order valence-electron chi connectivity index (χ0n) is 11.6. The van der Waals surface area contributed by atoms with Gasteiger partial charge >= 0.3 is 11.9 Å². The molecule has 0 aromatic carbocycles. The Balaban J connectivity index is 2.68. The maximum atomic E-state index is 12.1. The number of hydrogen-bond acceptors (Lipinski definition) is 4. The first-order chi connectivity index (χ1) is 9.38. The van der Waals surface area contributed by atoms with Gasteiger partial charge in [0.25, 0.3) is 0 Å². The van der Waals surface area contributed by atoms with Crippen LogP contribution in [0.15, 0.2) is 0 Å². The molecule has 4 N–H and O–H groups in total. The van der Waals surface area contributed by atoms with Crippen LogP contribution in [0.3, 0.4) is 0 Å². The van der Waals surface area contributed by atoms with Gasteiger partial charge in [-0.05, 0) is 12.8 Å². The van der Waals surface area contributed by atoms with E-state index in [9.17, 15) is 14.4 Å². The van der Waals surface area contributed by atoms with Crippen LogP contribution in [0.1, 0.15) is 32.6 Å². The molecule has 1 heterocycles. The van der Waals surface area contributed by atoms with Crippen molar-refractivity contribution in [1.82, 2.24) is 4.90 Å². The van der Waals surface area contributed by atoms with Crippen LogP contribution in [0.4, 0.5) is 0 Å². The number of piperidine rings is 1. The fourth-order valence-corrected chi connectivity index (χ4v) is 2.48. The van der Waals surface area contributed by atoms with Crippen LogP contribution in [-0.4, -0.2) is 52.1 Å². The summed E-state index contributed by atoms with van der Waals surface area (Å²) in [5, 5.41) is 18.1. The summed E-state index contributed by atoms with van der Waals surface area (Å²) in [5.74, 6) is -4.60. The molecule has 1 rings (SSSR count). The van der Waals surface area contributed by atoms with Gasteiger partial charge in [0.1, 0.15) is 0 Å². The fourth-order valence-electron chi connectivity index (χ4n) is 2.48. The molecule has 114 valence electrons. The Morgan fingerprint density at radius 3 is 2.35 bits per heavy atom. The molecule has 0 aliphatic carbocycles. The zero-order chi connectivity index (χ0) is 15.3. The number of nitrogens with two attached hydrogens (primary N) is 1. The quantitative estimate of drug-likeness (QED) is 0.638. The third-order valence-electron chi connectivity index (χ3n) is 3.74. The van der Waals surface area contributed by atoms with Gasteiger partial charge in [0, 0.05) is 13.1 Å². The summed E-state index contributed by atoms with van der Waals surface area (Å²) < 4.78 is 0. The summed E-state index contributed by atoms with van der Waals surface area (Å²) in [5.41, 5.74) is 5.80. The van der Waals surface area contributed by atoms with Crippen molar-refractivity contribution >= 4 is 17.8 Å². The lowest BCUT2D eigenvalue weighted by atomic mass is 9.85. The van der Waals surface area contributed by atoms with E-state index in [0.717, 1.165) is 12.8 Å². The summed E-state index contributed by atoms with van der Waals surface area (Å²) in [7, 11) is 0. The Kier molecular flexibility index (Phi) is 5.94. The predicted molar refractivity (Wildman–Crippen MR) is 70.9 cm³/mol. The minimum absolute atomic E-state index is 0.0784. The molecule has 3 atom stereocenters. The summed E-state index contributed by atoms with van der Waals surface area (Å²) in [6, 6.07) is -0.634. The van der Waals surface area contributed by atoms with Crippen molar-refractivity contribution in [2.24, 2.45) is 17.6 Å². The van der Waals surface area contributed by atoms with E-state index in [0.29, 0.717) is 6.42 Å². The van der Waals surface area contributed by atoms with Crippen molar-refractivity contribution in [3.8, 4) is 0 Å². The maximum Gasteiger partial charge on any atom is 0.309 e. The van der Waals surface area contributed by atoms with Crippen molar-refractivity contribution < 1.29 is 24.6 Å². The molecular formula is C13H22N2O5. The van der Waals surface area contributed by atoms with Crippen LogP contribution in [0.25, 0.3) is 0 Å². The van der Waals surface area contributed by atoms with E-state index in [1.807, 2.05) is 6.92 Å². The van der Waals surface area contributed by atoms with Crippen LogP contribution in [0.5, 0.6) is 0 Å². The van der Waals surface area contributed by atoms with Gasteiger partial charge in [-0.25, -0.2) is 0 Å². The molecule has 1 aliphatic rings. The zero-order valence-corrected chi connectivity index (χ0v) is 11.6. The van der Waals surface area contributed by atoms with Gasteiger partial charge < -0.3 is 20.8 Å². The van der Waals surface area contributed by atoms with Gasteiger partial charge in [0.05, 0.1) is 17.9 Å². The number of amides is 1. The molecular weight excluding hydrogens is 264 g/mol. The molecule has 0 radical (unpaired) electrons. The van der Waals surface area contributed by atoms with Gasteiger partial charge in [0.2, 0.25) is 5.91 Å². The molecule has 0 saturated carbocycles. The normalized spacial score (nSPS) is 24.2. The number of rotatable bonds is 6. The van der Waals surface area contributed by atoms with E-state index < -0.39 is 29.8 Å². The maximum absolute atomic E-state index is 12.1. The third kappa shape index (κ3) is 3.93. The highest BCUT2D eigenvalue weighted by Gasteiger charge is 2.40. The SMILES string of the molecule is CCCC[C@H](N)C(=O)N1CCC(C(=O)O)C(C(=O)O)C1. The average Bonchev–Trinajstić information content (AvgIpc) is 2.42. The van der Waals surface area contributed by atoms with E-state index >= 15 is 0 Å². The van der Waals surface area contributed by atoms with Gasteiger partial charge in [-0.15, -0.1) is 0 Å². The number of unbranched alkanes of at least 4 members (excludes halogenated alkanes) is 1. The summed E-state index contributed by atoms with van der Waals surface area (Å²) in [4.78, 5) is 35.7. The second kappa shape index (κ2) is 7.23. The number of hydrogen-bond donors (Lipinski definition) is 3. The standard InChI is InChI=1S/C13H22N2O5/c1-2-3-4-10(14)11(16)15-6-5-8(12(17)18)9(7-15)13(19)20/h8-10H,2-7,14H2,1H3,(H,17,18)(H,19,20)/t8?,9?,10-/m0/s1. The Labute approximate surface area is 117 Å².